The molecule has 0 aliphatic heterocycles. The average molecular weight is 171 g/mol. The minimum atomic E-state index is -2.01. The highest BCUT2D eigenvalue weighted by atomic mass is 28.4. The summed E-state index contributed by atoms with van der Waals surface area (Å²) >= 11 is 0. The van der Waals surface area contributed by atoms with Crippen molar-refractivity contribution >= 4 is 8.32 Å². The highest BCUT2D eigenvalue weighted by Crippen LogP contribution is 2.40. The molecule has 1 saturated carbocycles. The summed E-state index contributed by atoms with van der Waals surface area (Å²) in [7, 11) is -2.01. The van der Waals surface area contributed by atoms with Crippen molar-refractivity contribution in [3.05, 3.63) is 0 Å². The Morgan fingerprint density at radius 3 is 2.00 bits per heavy atom. The standard InChI is InChI=1S/C9H19OSi/c1-3-11(10,4-2)9-7-5-6-8-9/h9H,3-8H2,1-2H3. The van der Waals surface area contributed by atoms with Crippen LogP contribution in [0.5, 0.6) is 0 Å². The lowest BCUT2D eigenvalue weighted by atomic mass is 10.4. The van der Waals surface area contributed by atoms with Crippen LogP contribution in [0.2, 0.25) is 17.6 Å². The van der Waals surface area contributed by atoms with E-state index in [1.165, 1.54) is 25.7 Å². The van der Waals surface area contributed by atoms with E-state index in [2.05, 4.69) is 13.8 Å². The topological polar surface area (TPSA) is 19.9 Å². The van der Waals surface area contributed by atoms with E-state index in [9.17, 15) is 4.80 Å². The van der Waals surface area contributed by atoms with Crippen molar-refractivity contribution in [3.63, 3.8) is 0 Å². The van der Waals surface area contributed by atoms with Crippen LogP contribution in [0.3, 0.4) is 0 Å². The lowest BCUT2D eigenvalue weighted by Gasteiger charge is -2.25. The Hall–Kier alpha value is 0.177. The van der Waals surface area contributed by atoms with Crippen LogP contribution in [0.4, 0.5) is 0 Å². The molecule has 0 aromatic carbocycles. The largest absolute Gasteiger partial charge is 0.297 e. The Kier molecular flexibility index (Phi) is 3.13. The lowest BCUT2D eigenvalue weighted by Crippen LogP contribution is -2.35. The Morgan fingerprint density at radius 1 is 1.18 bits per heavy atom. The summed E-state index contributed by atoms with van der Waals surface area (Å²) in [6.07, 6.45) is 5.14. The molecule has 1 radical (unpaired) electrons. The summed E-state index contributed by atoms with van der Waals surface area (Å²) in [5, 5.41) is 0. The highest BCUT2D eigenvalue weighted by molar-refractivity contribution is 6.73. The van der Waals surface area contributed by atoms with Gasteiger partial charge in [-0.15, -0.1) is 0 Å². The van der Waals surface area contributed by atoms with Gasteiger partial charge in [0.1, 0.15) is 0 Å². The van der Waals surface area contributed by atoms with Crippen LogP contribution >= 0.6 is 0 Å². The zero-order chi connectivity index (χ0) is 8.32. The van der Waals surface area contributed by atoms with Gasteiger partial charge in [-0.2, -0.15) is 0 Å². The molecule has 1 rings (SSSR count). The summed E-state index contributed by atoms with van der Waals surface area (Å²) < 4.78 is 0. The van der Waals surface area contributed by atoms with E-state index < -0.39 is 8.32 Å². The lowest BCUT2D eigenvalue weighted by molar-refractivity contribution is 0.394. The van der Waals surface area contributed by atoms with Crippen LogP contribution in [0.15, 0.2) is 0 Å². The molecule has 0 saturated heterocycles. The van der Waals surface area contributed by atoms with Crippen molar-refractivity contribution in [2.45, 2.75) is 57.2 Å². The van der Waals surface area contributed by atoms with Gasteiger partial charge in [-0.25, -0.2) is 0 Å². The molecule has 0 atom stereocenters. The smallest absolute Gasteiger partial charge is 0.239 e. The number of hydrogen-bond donors (Lipinski definition) is 0. The van der Waals surface area contributed by atoms with Gasteiger partial charge >= 0.3 is 0 Å². The maximum atomic E-state index is 12.2. The molecule has 1 nitrogen and oxygen atoms in total. The zero-order valence-electron chi connectivity index (χ0n) is 7.73. The van der Waals surface area contributed by atoms with Crippen molar-refractivity contribution in [1.29, 1.82) is 0 Å². The summed E-state index contributed by atoms with van der Waals surface area (Å²) in [5.41, 5.74) is 0.623. The van der Waals surface area contributed by atoms with Gasteiger partial charge in [0.15, 0.2) is 0 Å². The van der Waals surface area contributed by atoms with E-state index in [1.54, 1.807) is 0 Å². The Bertz CT molecular complexity index is 115. The number of rotatable bonds is 3. The van der Waals surface area contributed by atoms with Gasteiger partial charge in [-0.3, -0.25) is 4.80 Å². The molecule has 0 aromatic rings. The first kappa shape index (κ1) is 9.27. The average Bonchev–Trinajstić information content (AvgIpc) is 2.55. The zero-order valence-corrected chi connectivity index (χ0v) is 8.73. The molecule has 0 heterocycles. The van der Waals surface area contributed by atoms with Crippen LogP contribution in [0.1, 0.15) is 39.5 Å². The van der Waals surface area contributed by atoms with Gasteiger partial charge in [0.05, 0.1) is 0 Å². The molecule has 0 N–H and O–H groups in total. The van der Waals surface area contributed by atoms with E-state index in [0.29, 0.717) is 5.54 Å². The molecule has 2 heteroatoms. The molecule has 0 spiro atoms. The Balaban J connectivity index is 2.52. The van der Waals surface area contributed by atoms with Gasteiger partial charge in [-0.1, -0.05) is 39.5 Å². The van der Waals surface area contributed by atoms with Crippen molar-refractivity contribution in [3.8, 4) is 0 Å². The van der Waals surface area contributed by atoms with Crippen molar-refractivity contribution < 1.29 is 4.80 Å². The monoisotopic (exact) mass is 171 g/mol. The molecule has 1 aliphatic carbocycles. The van der Waals surface area contributed by atoms with E-state index in [1.807, 2.05) is 0 Å². The maximum absolute atomic E-state index is 12.2. The van der Waals surface area contributed by atoms with E-state index >= 15 is 0 Å². The molecule has 65 valence electrons. The second-order valence-electron chi connectivity index (χ2n) is 3.75. The first-order valence-electron chi connectivity index (χ1n) is 4.93. The first-order valence-corrected chi connectivity index (χ1v) is 7.33. The minimum Gasteiger partial charge on any atom is -0.297 e. The third kappa shape index (κ3) is 1.85. The molecular formula is C9H19OSi. The summed E-state index contributed by atoms with van der Waals surface area (Å²) in [4.78, 5) is 12.2. The fourth-order valence-electron chi connectivity index (χ4n) is 2.28. The predicted molar refractivity (Wildman–Crippen MR) is 49.6 cm³/mol. The highest BCUT2D eigenvalue weighted by Gasteiger charge is 2.40. The van der Waals surface area contributed by atoms with Gasteiger partial charge in [0, 0.05) is 0 Å². The normalized spacial score (nSPS) is 21.0. The van der Waals surface area contributed by atoms with Crippen LogP contribution in [0.25, 0.3) is 0 Å². The molecule has 0 unspecified atom stereocenters. The molecule has 0 aromatic heterocycles. The molecule has 0 amide bonds. The van der Waals surface area contributed by atoms with Crippen LogP contribution in [0, 0.1) is 0 Å². The second-order valence-corrected chi connectivity index (χ2v) is 8.11. The van der Waals surface area contributed by atoms with Gasteiger partial charge < -0.3 is 0 Å². The predicted octanol–water partition coefficient (Wildman–Crippen LogP) is 3.35. The first-order chi connectivity index (χ1) is 5.23. The second kappa shape index (κ2) is 3.72. The third-order valence-electron chi connectivity index (χ3n) is 3.30. The Labute approximate surface area is 71.0 Å². The van der Waals surface area contributed by atoms with E-state index in [-0.39, 0.29) is 0 Å². The maximum Gasteiger partial charge on any atom is 0.239 e. The Morgan fingerprint density at radius 2 is 1.64 bits per heavy atom. The number of hydrogen-bond acceptors (Lipinski definition) is 0. The van der Waals surface area contributed by atoms with Crippen molar-refractivity contribution in [2.24, 2.45) is 0 Å². The van der Waals surface area contributed by atoms with Crippen molar-refractivity contribution in [1.82, 2.24) is 0 Å². The minimum absolute atomic E-state index is 0.623. The van der Waals surface area contributed by atoms with Crippen molar-refractivity contribution in [2.75, 3.05) is 0 Å². The van der Waals surface area contributed by atoms with Gasteiger partial charge in [0.2, 0.25) is 8.32 Å². The summed E-state index contributed by atoms with van der Waals surface area (Å²) in [6.45, 7) is 4.20. The van der Waals surface area contributed by atoms with Crippen LogP contribution in [-0.4, -0.2) is 8.32 Å². The summed E-state index contributed by atoms with van der Waals surface area (Å²) in [6, 6.07) is 1.91. The molecule has 0 bridgehead atoms. The molecule has 11 heavy (non-hydrogen) atoms. The van der Waals surface area contributed by atoms with Crippen LogP contribution in [-0.2, 0) is 4.80 Å². The fourth-order valence-corrected chi connectivity index (χ4v) is 5.39. The van der Waals surface area contributed by atoms with Gasteiger partial charge in [0.25, 0.3) is 0 Å². The van der Waals surface area contributed by atoms with Crippen LogP contribution < -0.4 is 0 Å². The van der Waals surface area contributed by atoms with E-state index in [4.69, 9.17) is 0 Å². The fraction of sp³-hybridized carbons (Fsp3) is 1.00. The SMILES string of the molecule is CC[Si]([O])(CC)C1CCCC1. The third-order valence-corrected chi connectivity index (χ3v) is 7.76. The quantitative estimate of drug-likeness (QED) is 0.580. The molecule has 1 aliphatic rings. The molecular weight excluding hydrogens is 152 g/mol. The van der Waals surface area contributed by atoms with Gasteiger partial charge in [-0.05, 0) is 17.6 Å². The molecule has 1 fully saturated rings. The van der Waals surface area contributed by atoms with E-state index in [0.717, 1.165) is 12.1 Å². The summed E-state index contributed by atoms with van der Waals surface area (Å²) in [5.74, 6) is 0.